The molecule has 120 valence electrons. The fourth-order valence-corrected chi connectivity index (χ4v) is 2.48. The Labute approximate surface area is 131 Å². The van der Waals surface area contributed by atoms with E-state index in [0.29, 0.717) is 13.0 Å². The number of carbonyl (C=O) groups excluding carboxylic acids is 2. The molecule has 1 N–H and O–H groups in total. The van der Waals surface area contributed by atoms with E-state index in [0.717, 1.165) is 50.4 Å². The van der Waals surface area contributed by atoms with E-state index in [2.05, 4.69) is 10.2 Å². The Balaban J connectivity index is 1.69. The van der Waals surface area contributed by atoms with Crippen molar-refractivity contribution < 1.29 is 14.3 Å². The van der Waals surface area contributed by atoms with Crippen LogP contribution in [0.15, 0.2) is 24.3 Å². The van der Waals surface area contributed by atoms with Gasteiger partial charge in [-0.05, 0) is 6.07 Å². The summed E-state index contributed by atoms with van der Waals surface area (Å²) in [6.45, 7) is 4.35. The molecule has 0 saturated carbocycles. The van der Waals surface area contributed by atoms with Gasteiger partial charge in [0.25, 0.3) is 0 Å². The maximum absolute atomic E-state index is 11.9. The molecule has 1 aromatic rings. The minimum atomic E-state index is 0.0312. The topological polar surface area (TPSA) is 61.9 Å². The van der Waals surface area contributed by atoms with Gasteiger partial charge in [-0.25, -0.2) is 0 Å². The molecule has 22 heavy (non-hydrogen) atoms. The predicted octanol–water partition coefficient (Wildman–Crippen LogP) is 0.476. The molecule has 1 aliphatic heterocycles. The monoisotopic (exact) mass is 305 g/mol. The minimum absolute atomic E-state index is 0.0312. The molecule has 2 amide bonds. The second-order valence-corrected chi connectivity index (χ2v) is 5.32. The molecule has 1 aliphatic rings. The molecule has 6 nitrogen and oxygen atoms in total. The molecule has 6 heteroatoms. The molecule has 1 heterocycles. The van der Waals surface area contributed by atoms with Crippen molar-refractivity contribution in [3.63, 3.8) is 0 Å². The van der Waals surface area contributed by atoms with E-state index in [9.17, 15) is 9.59 Å². The number of carbonyl (C=O) groups is 2. The third kappa shape index (κ3) is 4.73. The highest BCUT2D eigenvalue weighted by molar-refractivity contribution is 5.76. The van der Waals surface area contributed by atoms with Crippen LogP contribution in [0.5, 0.6) is 5.75 Å². The Bertz CT molecular complexity index is 499. The van der Waals surface area contributed by atoms with E-state index in [1.807, 2.05) is 24.3 Å². The number of para-hydroxylation sites is 1. The first-order valence-corrected chi connectivity index (χ1v) is 7.53. The van der Waals surface area contributed by atoms with Crippen LogP contribution < -0.4 is 10.1 Å². The van der Waals surface area contributed by atoms with Gasteiger partial charge in [-0.3, -0.25) is 14.5 Å². The molecule has 0 bridgehead atoms. The number of rotatable bonds is 7. The first-order valence-electron chi connectivity index (χ1n) is 7.53. The van der Waals surface area contributed by atoms with Gasteiger partial charge in [-0.2, -0.15) is 0 Å². The number of benzene rings is 1. The molecule has 2 rings (SSSR count). The Kier molecular flexibility index (Phi) is 6.21. The van der Waals surface area contributed by atoms with Crippen molar-refractivity contribution in [2.75, 3.05) is 39.8 Å². The fourth-order valence-electron chi connectivity index (χ4n) is 2.48. The van der Waals surface area contributed by atoms with Crippen molar-refractivity contribution in [1.29, 1.82) is 0 Å². The third-order valence-corrected chi connectivity index (χ3v) is 3.88. The molecule has 1 aromatic carbocycles. The summed E-state index contributed by atoms with van der Waals surface area (Å²) in [4.78, 5) is 26.5. The van der Waals surface area contributed by atoms with Gasteiger partial charge in [0.1, 0.15) is 5.75 Å². The van der Waals surface area contributed by atoms with E-state index in [1.165, 1.54) is 0 Å². The lowest BCUT2D eigenvalue weighted by Gasteiger charge is -2.32. The van der Waals surface area contributed by atoms with Crippen LogP contribution in [0.1, 0.15) is 12.0 Å². The van der Waals surface area contributed by atoms with Crippen LogP contribution in [-0.4, -0.2) is 62.0 Å². The van der Waals surface area contributed by atoms with E-state index in [1.54, 1.807) is 12.0 Å². The van der Waals surface area contributed by atoms with Gasteiger partial charge < -0.3 is 15.0 Å². The van der Waals surface area contributed by atoms with E-state index in [4.69, 9.17) is 4.74 Å². The standard InChI is InChI=1S/C16H23N3O3/c1-22-15-5-3-2-4-14(15)12-17-16(21)6-7-18-8-10-19(13-20)11-9-18/h2-5,13H,6-12H2,1H3,(H,17,21). The number of amides is 2. The van der Waals surface area contributed by atoms with Crippen LogP contribution >= 0.6 is 0 Å². The maximum atomic E-state index is 11.9. The van der Waals surface area contributed by atoms with Crippen molar-refractivity contribution in [3.05, 3.63) is 29.8 Å². The summed E-state index contributed by atoms with van der Waals surface area (Å²) in [7, 11) is 1.62. The van der Waals surface area contributed by atoms with Crippen molar-refractivity contribution in [3.8, 4) is 5.75 Å². The van der Waals surface area contributed by atoms with Crippen LogP contribution in [0.25, 0.3) is 0 Å². The lowest BCUT2D eigenvalue weighted by Crippen LogP contribution is -2.46. The quantitative estimate of drug-likeness (QED) is 0.744. The maximum Gasteiger partial charge on any atom is 0.221 e. The summed E-state index contributed by atoms with van der Waals surface area (Å²) < 4.78 is 5.26. The number of ether oxygens (including phenoxy) is 1. The van der Waals surface area contributed by atoms with Gasteiger partial charge in [0.2, 0.25) is 12.3 Å². The molecular formula is C16H23N3O3. The highest BCUT2D eigenvalue weighted by atomic mass is 16.5. The largest absolute Gasteiger partial charge is 0.496 e. The van der Waals surface area contributed by atoms with Gasteiger partial charge in [0, 0.05) is 51.3 Å². The zero-order chi connectivity index (χ0) is 15.8. The summed E-state index contributed by atoms with van der Waals surface area (Å²) in [5, 5.41) is 2.92. The number of hydrogen-bond acceptors (Lipinski definition) is 4. The second kappa shape index (κ2) is 8.38. The van der Waals surface area contributed by atoms with Crippen molar-refractivity contribution >= 4 is 12.3 Å². The molecule has 0 aromatic heterocycles. The number of piperazine rings is 1. The van der Waals surface area contributed by atoms with E-state index < -0.39 is 0 Å². The molecule has 0 radical (unpaired) electrons. The first kappa shape index (κ1) is 16.3. The molecule has 0 spiro atoms. The van der Waals surface area contributed by atoms with Crippen LogP contribution in [0.3, 0.4) is 0 Å². The molecular weight excluding hydrogens is 282 g/mol. The van der Waals surface area contributed by atoms with Crippen molar-refractivity contribution in [2.24, 2.45) is 0 Å². The highest BCUT2D eigenvalue weighted by Crippen LogP contribution is 2.16. The zero-order valence-electron chi connectivity index (χ0n) is 13.0. The smallest absolute Gasteiger partial charge is 0.221 e. The zero-order valence-corrected chi connectivity index (χ0v) is 13.0. The SMILES string of the molecule is COc1ccccc1CNC(=O)CCN1CCN(C=O)CC1. The Morgan fingerprint density at radius 2 is 2.00 bits per heavy atom. The van der Waals surface area contributed by atoms with E-state index >= 15 is 0 Å². The summed E-state index contributed by atoms with van der Waals surface area (Å²) >= 11 is 0. The molecule has 0 aliphatic carbocycles. The van der Waals surface area contributed by atoms with Crippen LogP contribution in [0.2, 0.25) is 0 Å². The van der Waals surface area contributed by atoms with Crippen LogP contribution in [0.4, 0.5) is 0 Å². The lowest BCUT2D eigenvalue weighted by atomic mass is 10.2. The highest BCUT2D eigenvalue weighted by Gasteiger charge is 2.16. The molecule has 0 atom stereocenters. The lowest BCUT2D eigenvalue weighted by molar-refractivity contribution is -0.123. The average Bonchev–Trinajstić information content (AvgIpc) is 2.58. The Morgan fingerprint density at radius 3 is 2.68 bits per heavy atom. The van der Waals surface area contributed by atoms with Crippen molar-refractivity contribution in [2.45, 2.75) is 13.0 Å². The summed E-state index contributed by atoms with van der Waals surface area (Å²) in [5.74, 6) is 0.816. The minimum Gasteiger partial charge on any atom is -0.496 e. The molecule has 1 fully saturated rings. The number of methoxy groups -OCH3 is 1. The first-order chi connectivity index (χ1) is 10.7. The van der Waals surface area contributed by atoms with Gasteiger partial charge in [-0.1, -0.05) is 18.2 Å². The fraction of sp³-hybridized carbons (Fsp3) is 0.500. The summed E-state index contributed by atoms with van der Waals surface area (Å²) in [6, 6.07) is 7.66. The van der Waals surface area contributed by atoms with Crippen LogP contribution in [0, 0.1) is 0 Å². The Hall–Kier alpha value is -2.08. The average molecular weight is 305 g/mol. The molecule has 0 unspecified atom stereocenters. The van der Waals surface area contributed by atoms with Gasteiger partial charge >= 0.3 is 0 Å². The third-order valence-electron chi connectivity index (χ3n) is 3.88. The summed E-state index contributed by atoms with van der Waals surface area (Å²) in [6.07, 6.45) is 1.35. The number of hydrogen-bond donors (Lipinski definition) is 1. The Morgan fingerprint density at radius 1 is 1.27 bits per heavy atom. The van der Waals surface area contributed by atoms with E-state index in [-0.39, 0.29) is 5.91 Å². The second-order valence-electron chi connectivity index (χ2n) is 5.32. The van der Waals surface area contributed by atoms with Gasteiger partial charge in [0.15, 0.2) is 0 Å². The van der Waals surface area contributed by atoms with Crippen LogP contribution in [-0.2, 0) is 16.1 Å². The molecule has 1 saturated heterocycles. The predicted molar refractivity (Wildman–Crippen MR) is 83.5 cm³/mol. The van der Waals surface area contributed by atoms with Gasteiger partial charge in [0.05, 0.1) is 7.11 Å². The summed E-state index contributed by atoms with van der Waals surface area (Å²) in [5.41, 5.74) is 0.970. The number of nitrogens with one attached hydrogen (secondary N) is 1. The number of nitrogens with zero attached hydrogens (tertiary/aromatic N) is 2. The van der Waals surface area contributed by atoms with Gasteiger partial charge in [-0.15, -0.1) is 0 Å². The normalized spacial score (nSPS) is 15.4. The van der Waals surface area contributed by atoms with Crippen molar-refractivity contribution in [1.82, 2.24) is 15.1 Å².